The summed E-state index contributed by atoms with van der Waals surface area (Å²) in [6.07, 6.45) is 5.89. The molecule has 1 aliphatic heterocycles. The van der Waals surface area contributed by atoms with Crippen molar-refractivity contribution >= 4 is 23.0 Å². The van der Waals surface area contributed by atoms with Crippen LogP contribution in [0.5, 0.6) is 0 Å². The summed E-state index contributed by atoms with van der Waals surface area (Å²) in [5.74, 6) is 0.724. The highest BCUT2D eigenvalue weighted by atomic mass is 32.1. The minimum Gasteiger partial charge on any atom is -0.323 e. The molecule has 5 aromatic rings. The van der Waals surface area contributed by atoms with Crippen LogP contribution < -0.4 is 5.32 Å². The van der Waals surface area contributed by atoms with Crippen LogP contribution in [0.15, 0.2) is 96.8 Å². The summed E-state index contributed by atoms with van der Waals surface area (Å²) in [5, 5.41) is 15.0. The molecular weight excluding hydrogens is 404 g/mol. The van der Waals surface area contributed by atoms with E-state index in [-0.39, 0.29) is 6.04 Å². The van der Waals surface area contributed by atoms with Crippen molar-refractivity contribution in [3.8, 4) is 16.9 Å². The number of benzene rings is 2. The highest BCUT2D eigenvalue weighted by Gasteiger charge is 2.28. The van der Waals surface area contributed by atoms with Crippen molar-refractivity contribution in [1.82, 2.24) is 24.5 Å². The van der Waals surface area contributed by atoms with Crippen LogP contribution in [0, 0.1) is 0 Å². The third-order valence-corrected chi connectivity index (χ3v) is 6.23. The van der Waals surface area contributed by atoms with Gasteiger partial charge in [0.25, 0.3) is 0 Å². The minimum absolute atomic E-state index is 0.136. The Bertz CT molecular complexity index is 1350. The molecule has 2 aromatic carbocycles. The number of nitrogens with one attached hydrogen (secondary N) is 1. The molecule has 0 fully saturated rings. The van der Waals surface area contributed by atoms with Crippen LogP contribution in [0.25, 0.3) is 22.6 Å². The van der Waals surface area contributed by atoms with E-state index >= 15 is 0 Å². The summed E-state index contributed by atoms with van der Waals surface area (Å²) in [6.45, 7) is 0. The molecule has 4 heterocycles. The van der Waals surface area contributed by atoms with Crippen molar-refractivity contribution in [2.75, 3.05) is 5.32 Å². The molecule has 0 spiro atoms. The summed E-state index contributed by atoms with van der Waals surface area (Å²) in [6, 6.07) is 24.5. The van der Waals surface area contributed by atoms with Crippen molar-refractivity contribution in [2.24, 2.45) is 0 Å². The lowest BCUT2D eigenvalue weighted by atomic mass is 10.0. The van der Waals surface area contributed by atoms with E-state index in [1.807, 2.05) is 45.8 Å². The van der Waals surface area contributed by atoms with E-state index in [0.717, 1.165) is 39.0 Å². The number of nitrogens with zero attached hydrogens (tertiary/aromatic N) is 5. The lowest BCUT2D eigenvalue weighted by Crippen LogP contribution is -2.20. The Morgan fingerprint density at radius 2 is 1.71 bits per heavy atom. The van der Waals surface area contributed by atoms with Gasteiger partial charge in [0.05, 0.1) is 22.0 Å². The largest absolute Gasteiger partial charge is 0.323 e. The van der Waals surface area contributed by atoms with Crippen LogP contribution in [-0.4, -0.2) is 24.5 Å². The number of aromatic nitrogens is 5. The highest BCUT2D eigenvalue weighted by Crippen LogP contribution is 2.37. The molecule has 7 heteroatoms. The second-order valence-electron chi connectivity index (χ2n) is 7.23. The lowest BCUT2D eigenvalue weighted by molar-refractivity contribution is 0.613. The molecule has 0 saturated heterocycles. The van der Waals surface area contributed by atoms with Gasteiger partial charge in [-0.3, -0.25) is 0 Å². The van der Waals surface area contributed by atoms with E-state index in [0.29, 0.717) is 0 Å². The predicted molar refractivity (Wildman–Crippen MR) is 123 cm³/mol. The summed E-state index contributed by atoms with van der Waals surface area (Å²) in [7, 11) is 0. The van der Waals surface area contributed by atoms with Gasteiger partial charge >= 0.3 is 0 Å². The van der Waals surface area contributed by atoms with Crippen molar-refractivity contribution in [3.63, 3.8) is 0 Å². The molecule has 1 unspecified atom stereocenters. The molecule has 0 radical (unpaired) electrons. The zero-order chi connectivity index (χ0) is 20.6. The second kappa shape index (κ2) is 7.37. The summed E-state index contributed by atoms with van der Waals surface area (Å²) < 4.78 is 3.85. The zero-order valence-corrected chi connectivity index (χ0v) is 17.3. The highest BCUT2D eigenvalue weighted by molar-refractivity contribution is 7.11. The number of hydrogen-bond donors (Lipinski definition) is 1. The molecule has 31 heavy (non-hydrogen) atoms. The molecule has 0 amide bonds. The number of allylic oxidation sites excluding steroid dienone is 1. The van der Waals surface area contributed by atoms with Gasteiger partial charge in [0, 0.05) is 17.3 Å². The second-order valence-corrected chi connectivity index (χ2v) is 8.18. The number of anilines is 1. The van der Waals surface area contributed by atoms with Crippen molar-refractivity contribution in [3.05, 3.63) is 107 Å². The van der Waals surface area contributed by atoms with Gasteiger partial charge in [-0.2, -0.15) is 15.2 Å². The van der Waals surface area contributed by atoms with Crippen molar-refractivity contribution < 1.29 is 0 Å². The van der Waals surface area contributed by atoms with Crippen molar-refractivity contribution in [2.45, 2.75) is 6.04 Å². The summed E-state index contributed by atoms with van der Waals surface area (Å²) in [4.78, 5) is 5.60. The van der Waals surface area contributed by atoms with Crippen LogP contribution in [-0.2, 0) is 0 Å². The first-order valence-electron chi connectivity index (χ1n) is 9.99. The molecule has 0 bridgehead atoms. The summed E-state index contributed by atoms with van der Waals surface area (Å²) >= 11 is 1.70. The molecule has 6 rings (SSSR count). The van der Waals surface area contributed by atoms with Crippen LogP contribution in [0.4, 0.5) is 5.95 Å². The Labute approximate surface area is 183 Å². The number of thiophene rings is 1. The average Bonchev–Trinajstić information content (AvgIpc) is 3.60. The molecule has 0 aliphatic carbocycles. The van der Waals surface area contributed by atoms with E-state index < -0.39 is 0 Å². The standard InChI is InChI=1S/C24H18N6S/c1-3-8-17(9-4-1)23-19(15-29(28-23)18-10-5-2-6-11-18)21-14-20(22-12-7-13-31-22)27-24-25-16-26-30(21)24/h1-16,21H,(H,25,26,27). The van der Waals surface area contributed by atoms with Gasteiger partial charge in [0.15, 0.2) is 0 Å². The number of fused-ring (bicyclic) bond motifs is 1. The van der Waals surface area contributed by atoms with Gasteiger partial charge < -0.3 is 5.32 Å². The van der Waals surface area contributed by atoms with Crippen LogP contribution in [0.2, 0.25) is 0 Å². The molecule has 1 N–H and O–H groups in total. The number of rotatable bonds is 4. The minimum atomic E-state index is -0.136. The Balaban J connectivity index is 1.56. The van der Waals surface area contributed by atoms with E-state index in [2.05, 4.69) is 69.5 Å². The first-order chi connectivity index (χ1) is 15.4. The Morgan fingerprint density at radius 1 is 0.903 bits per heavy atom. The fraction of sp³-hybridized carbons (Fsp3) is 0.0417. The Kier molecular flexibility index (Phi) is 4.25. The van der Waals surface area contributed by atoms with Crippen LogP contribution in [0.1, 0.15) is 16.5 Å². The molecule has 0 saturated carbocycles. The van der Waals surface area contributed by atoms with Gasteiger partial charge in [-0.1, -0.05) is 54.6 Å². The average molecular weight is 423 g/mol. The first kappa shape index (κ1) is 17.9. The predicted octanol–water partition coefficient (Wildman–Crippen LogP) is 5.25. The van der Waals surface area contributed by atoms with E-state index in [1.54, 1.807) is 17.7 Å². The normalized spacial score (nSPS) is 15.2. The molecule has 1 atom stereocenters. The molecule has 3 aromatic heterocycles. The Hall–Kier alpha value is -3.97. The topological polar surface area (TPSA) is 60.6 Å². The summed E-state index contributed by atoms with van der Waals surface area (Å²) in [5.41, 5.74) is 5.11. The van der Waals surface area contributed by atoms with Gasteiger partial charge in [-0.15, -0.1) is 11.3 Å². The smallest absolute Gasteiger partial charge is 0.226 e. The lowest BCUT2D eigenvalue weighted by Gasteiger charge is -2.23. The number of para-hydroxylation sites is 1. The van der Waals surface area contributed by atoms with Crippen LogP contribution in [0.3, 0.4) is 0 Å². The quantitative estimate of drug-likeness (QED) is 0.430. The van der Waals surface area contributed by atoms with E-state index in [4.69, 9.17) is 5.10 Å². The maximum atomic E-state index is 4.98. The monoisotopic (exact) mass is 422 g/mol. The van der Waals surface area contributed by atoms with Crippen LogP contribution >= 0.6 is 11.3 Å². The third kappa shape index (κ3) is 3.15. The maximum Gasteiger partial charge on any atom is 0.226 e. The van der Waals surface area contributed by atoms with Gasteiger partial charge in [-0.25, -0.2) is 9.36 Å². The SMILES string of the molecule is C1=C(c2cccs2)Nc2ncnn2C1c1cn(-c2ccccc2)nc1-c1ccccc1. The van der Waals surface area contributed by atoms with E-state index in [1.165, 1.54) is 0 Å². The van der Waals surface area contributed by atoms with Gasteiger partial charge in [-0.05, 0) is 29.7 Å². The van der Waals surface area contributed by atoms with Gasteiger partial charge in [0.1, 0.15) is 12.4 Å². The van der Waals surface area contributed by atoms with Gasteiger partial charge in [0.2, 0.25) is 5.95 Å². The maximum absolute atomic E-state index is 4.98. The number of hydrogen-bond acceptors (Lipinski definition) is 5. The first-order valence-corrected chi connectivity index (χ1v) is 10.9. The fourth-order valence-electron chi connectivity index (χ4n) is 3.87. The molecule has 1 aliphatic rings. The molecule has 6 nitrogen and oxygen atoms in total. The van der Waals surface area contributed by atoms with E-state index in [9.17, 15) is 0 Å². The Morgan fingerprint density at radius 3 is 2.48 bits per heavy atom. The fourth-order valence-corrected chi connectivity index (χ4v) is 4.57. The third-order valence-electron chi connectivity index (χ3n) is 5.32. The molecular formula is C24H18N6S. The van der Waals surface area contributed by atoms with Crippen molar-refractivity contribution in [1.29, 1.82) is 0 Å². The zero-order valence-electron chi connectivity index (χ0n) is 16.5. The molecule has 150 valence electrons.